The zero-order valence-corrected chi connectivity index (χ0v) is 15.6. The average Bonchev–Trinajstić information content (AvgIpc) is 3.16. The Morgan fingerprint density at radius 2 is 1.89 bits per heavy atom. The van der Waals surface area contributed by atoms with E-state index in [-0.39, 0.29) is 22.9 Å². The summed E-state index contributed by atoms with van der Waals surface area (Å²) in [6.07, 6.45) is 0.928. The van der Waals surface area contributed by atoms with Crippen LogP contribution in [0.5, 0.6) is 0 Å². The zero-order chi connectivity index (χ0) is 19.8. The summed E-state index contributed by atoms with van der Waals surface area (Å²) in [4.78, 5) is 40.4. The summed E-state index contributed by atoms with van der Waals surface area (Å²) in [6.45, 7) is 2.02. The van der Waals surface area contributed by atoms with E-state index in [4.69, 9.17) is 0 Å². The van der Waals surface area contributed by atoms with Crippen molar-refractivity contribution in [1.29, 1.82) is 5.26 Å². The quantitative estimate of drug-likeness (QED) is 0.811. The van der Waals surface area contributed by atoms with E-state index >= 15 is 0 Å². The van der Waals surface area contributed by atoms with Gasteiger partial charge in [-0.1, -0.05) is 18.2 Å². The molecule has 0 spiro atoms. The fraction of sp³-hybridized carbons (Fsp3) is 0.400. The highest BCUT2D eigenvalue weighted by molar-refractivity contribution is 5.95. The van der Waals surface area contributed by atoms with Crippen molar-refractivity contribution >= 4 is 28.4 Å². The van der Waals surface area contributed by atoms with Crippen LogP contribution in [-0.2, 0) is 16.6 Å². The normalized spacial score (nSPS) is 19.6. The van der Waals surface area contributed by atoms with Gasteiger partial charge in [0.25, 0.3) is 5.56 Å². The van der Waals surface area contributed by atoms with Crippen LogP contribution < -0.4 is 15.8 Å². The molecule has 1 unspecified atom stereocenters. The number of fused-ring (bicyclic) bond motifs is 1. The molecule has 8 heteroatoms. The Morgan fingerprint density at radius 3 is 2.54 bits per heavy atom. The summed E-state index contributed by atoms with van der Waals surface area (Å²) in [6, 6.07) is 9.18. The highest BCUT2D eigenvalue weighted by atomic mass is 16.2. The van der Waals surface area contributed by atoms with E-state index in [2.05, 4.69) is 11.4 Å². The van der Waals surface area contributed by atoms with Crippen LogP contribution in [0.15, 0.2) is 29.1 Å². The Bertz CT molecular complexity index is 1060. The smallest absolute Gasteiger partial charge is 0.270 e. The number of rotatable bonds is 2. The van der Waals surface area contributed by atoms with E-state index < -0.39 is 6.04 Å². The van der Waals surface area contributed by atoms with Crippen molar-refractivity contribution in [3.63, 3.8) is 0 Å². The van der Waals surface area contributed by atoms with Crippen LogP contribution in [0.4, 0.5) is 5.69 Å². The Labute approximate surface area is 161 Å². The Balaban J connectivity index is 1.62. The van der Waals surface area contributed by atoms with Crippen LogP contribution in [0.3, 0.4) is 0 Å². The second kappa shape index (κ2) is 7.00. The Kier molecular flexibility index (Phi) is 4.51. The minimum atomic E-state index is -0.432. The van der Waals surface area contributed by atoms with Crippen molar-refractivity contribution < 1.29 is 9.59 Å². The van der Waals surface area contributed by atoms with Gasteiger partial charge in [0.05, 0.1) is 11.2 Å². The minimum Gasteiger partial charge on any atom is -0.366 e. The van der Waals surface area contributed by atoms with E-state index in [1.54, 1.807) is 11.9 Å². The van der Waals surface area contributed by atoms with Gasteiger partial charge in [0, 0.05) is 45.0 Å². The van der Waals surface area contributed by atoms with Crippen LogP contribution in [-0.4, -0.2) is 53.5 Å². The van der Waals surface area contributed by atoms with Gasteiger partial charge in [-0.15, -0.1) is 0 Å². The minimum absolute atomic E-state index is 0.0557. The number of amides is 2. The fourth-order valence-electron chi connectivity index (χ4n) is 4.08. The molecule has 2 aliphatic heterocycles. The lowest BCUT2D eigenvalue weighted by Gasteiger charge is -2.37. The third-order valence-corrected chi connectivity index (χ3v) is 5.59. The molecule has 144 valence electrons. The number of piperazine rings is 1. The lowest BCUT2D eigenvalue weighted by atomic mass is 10.1. The van der Waals surface area contributed by atoms with Crippen LogP contribution in [0.1, 0.15) is 18.4 Å². The lowest BCUT2D eigenvalue weighted by Crippen LogP contribution is -2.53. The maximum atomic E-state index is 12.7. The second-order valence-corrected chi connectivity index (χ2v) is 7.19. The number of carbonyl (C=O) groups is 2. The average molecular weight is 379 g/mol. The molecule has 0 bridgehead atoms. The molecule has 1 atom stereocenters. The van der Waals surface area contributed by atoms with Gasteiger partial charge >= 0.3 is 0 Å². The summed E-state index contributed by atoms with van der Waals surface area (Å²) in [5, 5.41) is 13.2. The summed E-state index contributed by atoms with van der Waals surface area (Å²) >= 11 is 0. The fourth-order valence-corrected chi connectivity index (χ4v) is 4.08. The second-order valence-electron chi connectivity index (χ2n) is 7.19. The summed E-state index contributed by atoms with van der Waals surface area (Å²) in [7, 11) is 1.67. The van der Waals surface area contributed by atoms with Gasteiger partial charge in [-0.2, -0.15) is 5.26 Å². The van der Waals surface area contributed by atoms with E-state index in [1.165, 1.54) is 4.57 Å². The first kappa shape index (κ1) is 18.0. The monoisotopic (exact) mass is 379 g/mol. The van der Waals surface area contributed by atoms with Crippen LogP contribution in [0.2, 0.25) is 0 Å². The molecule has 28 heavy (non-hydrogen) atoms. The molecule has 8 nitrogen and oxygen atoms in total. The maximum Gasteiger partial charge on any atom is 0.270 e. The van der Waals surface area contributed by atoms with Gasteiger partial charge in [0.15, 0.2) is 0 Å². The molecule has 1 aromatic carbocycles. The number of anilines is 1. The number of nitriles is 1. The summed E-state index contributed by atoms with van der Waals surface area (Å²) in [5.41, 5.74) is 1.23. The number of pyridine rings is 1. The van der Waals surface area contributed by atoms with Crippen molar-refractivity contribution in [3.05, 3.63) is 40.2 Å². The first-order chi connectivity index (χ1) is 13.5. The third-order valence-electron chi connectivity index (χ3n) is 5.59. The number of carbonyl (C=O) groups excluding carboxylic acids is 2. The summed E-state index contributed by atoms with van der Waals surface area (Å²) < 4.78 is 1.50. The largest absolute Gasteiger partial charge is 0.366 e. The van der Waals surface area contributed by atoms with Gasteiger partial charge in [0.1, 0.15) is 17.7 Å². The molecular weight excluding hydrogens is 358 g/mol. The van der Waals surface area contributed by atoms with Crippen LogP contribution in [0, 0.1) is 11.3 Å². The molecule has 2 saturated heterocycles. The molecule has 2 aliphatic rings. The highest BCUT2D eigenvalue weighted by Gasteiger charge is 2.33. The van der Waals surface area contributed by atoms with Gasteiger partial charge in [0.2, 0.25) is 11.8 Å². The first-order valence-corrected chi connectivity index (χ1v) is 9.36. The number of nitrogens with zero attached hydrogens (tertiary/aromatic N) is 4. The summed E-state index contributed by atoms with van der Waals surface area (Å²) in [5.74, 6) is -0.137. The van der Waals surface area contributed by atoms with Gasteiger partial charge in [-0.25, -0.2) is 0 Å². The van der Waals surface area contributed by atoms with Crippen LogP contribution >= 0.6 is 0 Å². The van der Waals surface area contributed by atoms with Crippen molar-refractivity contribution in [2.75, 3.05) is 31.1 Å². The van der Waals surface area contributed by atoms with E-state index in [0.29, 0.717) is 44.7 Å². The molecule has 2 fully saturated rings. The Hall–Kier alpha value is -3.34. The lowest BCUT2D eigenvalue weighted by molar-refractivity contribution is -0.134. The van der Waals surface area contributed by atoms with Gasteiger partial charge in [-0.3, -0.25) is 14.4 Å². The van der Waals surface area contributed by atoms with Gasteiger partial charge in [-0.05, 0) is 12.5 Å². The SMILES string of the molecule is Cn1c(=O)c(C#N)c(N2CCN(C(=O)C3CCC(=O)N3)CC2)c2ccccc21. The van der Waals surface area contributed by atoms with Crippen molar-refractivity contribution in [1.82, 2.24) is 14.8 Å². The van der Waals surface area contributed by atoms with E-state index in [9.17, 15) is 19.6 Å². The molecule has 0 saturated carbocycles. The number of hydrogen-bond acceptors (Lipinski definition) is 5. The van der Waals surface area contributed by atoms with E-state index in [0.717, 1.165) is 10.9 Å². The highest BCUT2D eigenvalue weighted by Crippen LogP contribution is 2.29. The predicted octanol–water partition coefficient (Wildman–Crippen LogP) is 0.337. The molecule has 3 heterocycles. The predicted molar refractivity (Wildman–Crippen MR) is 104 cm³/mol. The number of hydrogen-bond donors (Lipinski definition) is 1. The molecule has 0 aliphatic carbocycles. The molecule has 2 aromatic rings. The van der Waals surface area contributed by atoms with Crippen LogP contribution in [0.25, 0.3) is 10.9 Å². The maximum absolute atomic E-state index is 12.7. The van der Waals surface area contributed by atoms with Crippen molar-refractivity contribution in [3.8, 4) is 6.07 Å². The number of para-hydroxylation sites is 1. The first-order valence-electron chi connectivity index (χ1n) is 9.36. The number of benzene rings is 1. The Morgan fingerprint density at radius 1 is 1.18 bits per heavy atom. The number of nitrogens with one attached hydrogen (secondary N) is 1. The van der Waals surface area contributed by atoms with Gasteiger partial charge < -0.3 is 19.7 Å². The molecule has 2 amide bonds. The van der Waals surface area contributed by atoms with Crippen molar-refractivity contribution in [2.24, 2.45) is 7.05 Å². The number of aryl methyl sites for hydroxylation is 1. The third kappa shape index (κ3) is 2.89. The molecule has 4 rings (SSSR count). The molecular formula is C20H21N5O3. The topological polar surface area (TPSA) is 98.4 Å². The molecule has 1 N–H and O–H groups in total. The van der Waals surface area contributed by atoms with Crippen molar-refractivity contribution in [2.45, 2.75) is 18.9 Å². The van der Waals surface area contributed by atoms with E-state index in [1.807, 2.05) is 29.2 Å². The molecule has 0 radical (unpaired) electrons. The number of aromatic nitrogens is 1. The zero-order valence-electron chi connectivity index (χ0n) is 15.6. The molecule has 1 aromatic heterocycles. The standard InChI is InChI=1S/C20H21N5O3/c1-23-16-5-3-2-4-13(16)18(14(12-21)19(23)27)24-8-10-25(11-9-24)20(28)15-6-7-17(26)22-15/h2-5,15H,6-11H2,1H3,(H,22,26).